The molecule has 0 aliphatic heterocycles. The molecular formula is C15H10BrF3O2S. The van der Waals surface area contributed by atoms with Crippen molar-refractivity contribution in [3.05, 3.63) is 58.1 Å². The number of halogens is 4. The fourth-order valence-electron chi connectivity index (χ4n) is 1.70. The summed E-state index contributed by atoms with van der Waals surface area (Å²) in [6.45, 7) is 0. The number of hydrogen-bond acceptors (Lipinski definition) is 3. The molecule has 2 rings (SSSR count). The maximum absolute atomic E-state index is 12.9. The minimum atomic E-state index is -4.41. The topological polar surface area (TPSA) is 26.3 Å². The molecule has 0 amide bonds. The standard InChI is InChI=1S/C15H10BrF3O2S/c1-21-14(20)9-2-4-10(5-3-9)22-11-6-7-13(16)12(8-11)15(17,18)19/h2-8H,1H3. The van der Waals surface area contributed by atoms with E-state index in [-0.39, 0.29) is 4.47 Å². The van der Waals surface area contributed by atoms with E-state index in [0.717, 1.165) is 11.0 Å². The van der Waals surface area contributed by atoms with Gasteiger partial charge in [0, 0.05) is 14.3 Å². The smallest absolute Gasteiger partial charge is 0.417 e. The van der Waals surface area contributed by atoms with Crippen LogP contribution < -0.4 is 0 Å². The molecule has 2 aromatic rings. The van der Waals surface area contributed by atoms with Gasteiger partial charge < -0.3 is 4.74 Å². The molecule has 2 aromatic carbocycles. The number of rotatable bonds is 3. The van der Waals surface area contributed by atoms with E-state index in [1.165, 1.54) is 24.9 Å². The third-order valence-electron chi connectivity index (χ3n) is 2.75. The lowest BCUT2D eigenvalue weighted by atomic mass is 10.2. The lowest BCUT2D eigenvalue weighted by molar-refractivity contribution is -0.138. The summed E-state index contributed by atoms with van der Waals surface area (Å²) in [4.78, 5) is 12.5. The molecule has 2 nitrogen and oxygen atoms in total. The molecule has 0 spiro atoms. The van der Waals surface area contributed by atoms with Crippen LogP contribution in [0, 0.1) is 0 Å². The fourth-order valence-corrected chi connectivity index (χ4v) is 3.03. The molecule has 0 fully saturated rings. The van der Waals surface area contributed by atoms with Crippen LogP contribution in [-0.2, 0) is 10.9 Å². The first-order valence-electron chi connectivity index (χ1n) is 6.04. The minimum Gasteiger partial charge on any atom is -0.465 e. The molecule has 0 bridgehead atoms. The second-order valence-corrected chi connectivity index (χ2v) is 6.26. The van der Waals surface area contributed by atoms with Gasteiger partial charge in [0.25, 0.3) is 0 Å². The van der Waals surface area contributed by atoms with Crippen molar-refractivity contribution in [3.8, 4) is 0 Å². The monoisotopic (exact) mass is 390 g/mol. The van der Waals surface area contributed by atoms with Crippen molar-refractivity contribution < 1.29 is 22.7 Å². The highest BCUT2D eigenvalue weighted by molar-refractivity contribution is 9.10. The van der Waals surface area contributed by atoms with E-state index in [4.69, 9.17) is 0 Å². The predicted molar refractivity (Wildman–Crippen MR) is 81.0 cm³/mol. The van der Waals surface area contributed by atoms with Crippen molar-refractivity contribution in [3.63, 3.8) is 0 Å². The zero-order chi connectivity index (χ0) is 16.3. The number of esters is 1. The van der Waals surface area contributed by atoms with Gasteiger partial charge in [-0.3, -0.25) is 0 Å². The Hall–Kier alpha value is -1.47. The van der Waals surface area contributed by atoms with Crippen LogP contribution in [0.3, 0.4) is 0 Å². The van der Waals surface area contributed by atoms with Crippen molar-refractivity contribution in [1.29, 1.82) is 0 Å². The first kappa shape index (κ1) is 16.9. The van der Waals surface area contributed by atoms with Gasteiger partial charge >= 0.3 is 12.1 Å². The Labute approximate surface area is 137 Å². The molecule has 0 aliphatic carbocycles. The summed E-state index contributed by atoms with van der Waals surface area (Å²) < 4.78 is 43.2. The van der Waals surface area contributed by atoms with Crippen LogP contribution in [0.5, 0.6) is 0 Å². The summed E-state index contributed by atoms with van der Waals surface area (Å²) in [6.07, 6.45) is -4.41. The normalized spacial score (nSPS) is 11.3. The van der Waals surface area contributed by atoms with E-state index in [2.05, 4.69) is 20.7 Å². The van der Waals surface area contributed by atoms with Crippen LogP contribution >= 0.6 is 27.7 Å². The highest BCUT2D eigenvalue weighted by Gasteiger charge is 2.33. The number of ether oxygens (including phenoxy) is 1. The first-order chi connectivity index (χ1) is 10.3. The highest BCUT2D eigenvalue weighted by atomic mass is 79.9. The van der Waals surface area contributed by atoms with Gasteiger partial charge in [0.1, 0.15) is 0 Å². The predicted octanol–water partition coefficient (Wildman–Crippen LogP) is 5.41. The Morgan fingerprint density at radius 3 is 2.23 bits per heavy atom. The van der Waals surface area contributed by atoms with Gasteiger partial charge in [-0.25, -0.2) is 4.79 Å². The van der Waals surface area contributed by atoms with E-state index >= 15 is 0 Å². The molecule has 0 aliphatic rings. The third-order valence-corrected chi connectivity index (χ3v) is 4.44. The zero-order valence-corrected chi connectivity index (χ0v) is 13.7. The summed E-state index contributed by atoms with van der Waals surface area (Å²) in [6, 6.07) is 10.5. The molecular weight excluding hydrogens is 381 g/mol. The molecule has 0 N–H and O–H groups in total. The van der Waals surface area contributed by atoms with Gasteiger partial charge in [0.2, 0.25) is 0 Å². The minimum absolute atomic E-state index is 0.00499. The van der Waals surface area contributed by atoms with E-state index < -0.39 is 17.7 Å². The molecule has 0 saturated carbocycles. The lowest BCUT2D eigenvalue weighted by Crippen LogP contribution is -2.05. The quantitative estimate of drug-likeness (QED) is 0.655. The second kappa shape index (κ2) is 6.75. The third kappa shape index (κ3) is 4.04. The lowest BCUT2D eigenvalue weighted by Gasteiger charge is -2.11. The van der Waals surface area contributed by atoms with Crippen molar-refractivity contribution >= 4 is 33.7 Å². The van der Waals surface area contributed by atoms with E-state index in [1.54, 1.807) is 30.3 Å². The number of methoxy groups -OCH3 is 1. The van der Waals surface area contributed by atoms with Crippen molar-refractivity contribution in [2.24, 2.45) is 0 Å². The Balaban J connectivity index is 2.22. The summed E-state index contributed by atoms with van der Waals surface area (Å²) in [5, 5.41) is 0. The second-order valence-electron chi connectivity index (χ2n) is 4.26. The van der Waals surface area contributed by atoms with E-state index in [0.29, 0.717) is 10.5 Å². The molecule has 0 saturated heterocycles. The Kier molecular flexibility index (Phi) is 5.18. The summed E-state index contributed by atoms with van der Waals surface area (Å²) in [7, 11) is 1.28. The van der Waals surface area contributed by atoms with Gasteiger partial charge in [-0.1, -0.05) is 27.7 Å². The van der Waals surface area contributed by atoms with Crippen LogP contribution in [0.2, 0.25) is 0 Å². The summed E-state index contributed by atoms with van der Waals surface area (Å²) >= 11 is 4.09. The Morgan fingerprint density at radius 2 is 1.68 bits per heavy atom. The SMILES string of the molecule is COC(=O)c1ccc(Sc2ccc(Br)c(C(F)(F)F)c2)cc1. The molecule has 0 aromatic heterocycles. The van der Waals surface area contributed by atoms with Gasteiger partial charge in [-0.2, -0.15) is 13.2 Å². The zero-order valence-electron chi connectivity index (χ0n) is 11.3. The fraction of sp³-hybridized carbons (Fsp3) is 0.133. The average Bonchev–Trinajstić information content (AvgIpc) is 2.48. The van der Waals surface area contributed by atoms with Gasteiger partial charge in [0.15, 0.2) is 0 Å². The van der Waals surface area contributed by atoms with Crippen LogP contribution in [0.25, 0.3) is 0 Å². The number of carbonyl (C=O) groups excluding carboxylic acids is 1. The van der Waals surface area contributed by atoms with Crippen LogP contribution in [0.4, 0.5) is 13.2 Å². The average molecular weight is 391 g/mol. The summed E-state index contributed by atoms with van der Waals surface area (Å²) in [5.41, 5.74) is -0.331. The number of hydrogen-bond donors (Lipinski definition) is 0. The molecule has 0 heterocycles. The number of carbonyl (C=O) groups is 1. The molecule has 0 radical (unpaired) electrons. The molecule has 116 valence electrons. The Morgan fingerprint density at radius 1 is 1.09 bits per heavy atom. The van der Waals surface area contributed by atoms with Gasteiger partial charge in [-0.15, -0.1) is 0 Å². The highest BCUT2D eigenvalue weighted by Crippen LogP contribution is 2.38. The number of benzene rings is 2. The van der Waals surface area contributed by atoms with Crippen LogP contribution in [0.1, 0.15) is 15.9 Å². The molecule has 0 unspecified atom stereocenters. The molecule has 7 heteroatoms. The molecule has 22 heavy (non-hydrogen) atoms. The van der Waals surface area contributed by atoms with Gasteiger partial charge in [-0.05, 0) is 42.5 Å². The van der Waals surface area contributed by atoms with Crippen molar-refractivity contribution in [2.75, 3.05) is 7.11 Å². The van der Waals surface area contributed by atoms with E-state index in [9.17, 15) is 18.0 Å². The van der Waals surface area contributed by atoms with Crippen molar-refractivity contribution in [2.45, 2.75) is 16.0 Å². The maximum atomic E-state index is 12.9. The van der Waals surface area contributed by atoms with Crippen LogP contribution in [-0.4, -0.2) is 13.1 Å². The Bertz CT molecular complexity index is 684. The maximum Gasteiger partial charge on any atom is 0.417 e. The van der Waals surface area contributed by atoms with Gasteiger partial charge in [0.05, 0.1) is 18.2 Å². The van der Waals surface area contributed by atoms with E-state index in [1.807, 2.05) is 0 Å². The first-order valence-corrected chi connectivity index (χ1v) is 7.65. The summed E-state index contributed by atoms with van der Waals surface area (Å²) in [5.74, 6) is -0.459. The number of alkyl halides is 3. The van der Waals surface area contributed by atoms with Crippen molar-refractivity contribution in [1.82, 2.24) is 0 Å². The molecule has 0 atom stereocenters. The van der Waals surface area contributed by atoms with Crippen LogP contribution in [0.15, 0.2) is 56.7 Å². The largest absolute Gasteiger partial charge is 0.465 e.